The Bertz CT molecular complexity index is 457. The normalized spacial score (nSPS) is 27.9. The van der Waals surface area contributed by atoms with Gasteiger partial charge in [-0.05, 0) is 50.6 Å². The molecule has 0 aromatic heterocycles. The van der Waals surface area contributed by atoms with Crippen LogP contribution in [0.3, 0.4) is 0 Å². The van der Waals surface area contributed by atoms with Crippen LogP contribution in [0, 0.1) is 6.92 Å². The van der Waals surface area contributed by atoms with Crippen molar-refractivity contribution in [3.8, 4) is 5.75 Å². The molecule has 2 aliphatic rings. The summed E-state index contributed by atoms with van der Waals surface area (Å²) in [4.78, 5) is 2.32. The van der Waals surface area contributed by atoms with Gasteiger partial charge in [-0.1, -0.05) is 11.6 Å². The topological polar surface area (TPSA) is 32.7 Å². The Morgan fingerprint density at radius 1 is 1.33 bits per heavy atom. The first-order valence-electron chi connectivity index (χ1n) is 6.52. The van der Waals surface area contributed by atoms with Gasteiger partial charge in [0, 0.05) is 10.6 Å². The maximum absolute atomic E-state index is 10.6. The van der Waals surface area contributed by atoms with Crippen molar-refractivity contribution in [2.75, 3.05) is 19.7 Å². The molecule has 1 aromatic rings. The highest BCUT2D eigenvalue weighted by Gasteiger charge is 2.35. The van der Waals surface area contributed by atoms with Crippen LogP contribution in [0.1, 0.15) is 30.1 Å². The number of aliphatic hydroxyl groups excluding tert-OH is 1. The van der Waals surface area contributed by atoms with Gasteiger partial charge in [0.1, 0.15) is 18.5 Å². The van der Waals surface area contributed by atoms with E-state index >= 15 is 0 Å². The molecule has 0 saturated carbocycles. The molecule has 2 aliphatic heterocycles. The SMILES string of the molecule is Cc1cc(Cl)cc2c1OCC(N1CCCC1)C2O. The number of aliphatic hydroxyl groups is 1. The van der Waals surface area contributed by atoms with E-state index in [1.807, 2.05) is 19.1 Å². The third kappa shape index (κ3) is 2.00. The summed E-state index contributed by atoms with van der Waals surface area (Å²) in [6.07, 6.45) is 1.93. The second kappa shape index (κ2) is 4.72. The number of ether oxygens (including phenoxy) is 1. The smallest absolute Gasteiger partial charge is 0.128 e. The number of nitrogens with zero attached hydrogens (tertiary/aromatic N) is 1. The number of hydrogen-bond donors (Lipinski definition) is 1. The van der Waals surface area contributed by atoms with E-state index in [1.165, 1.54) is 12.8 Å². The third-order valence-corrected chi connectivity index (χ3v) is 4.18. The fourth-order valence-electron chi connectivity index (χ4n) is 3.02. The van der Waals surface area contributed by atoms with Crippen LogP contribution >= 0.6 is 11.6 Å². The highest BCUT2D eigenvalue weighted by Crippen LogP contribution is 2.39. The lowest BCUT2D eigenvalue weighted by molar-refractivity contribution is 0.0137. The van der Waals surface area contributed by atoms with Gasteiger partial charge < -0.3 is 9.84 Å². The molecule has 1 saturated heterocycles. The van der Waals surface area contributed by atoms with Gasteiger partial charge in [-0.25, -0.2) is 0 Å². The highest BCUT2D eigenvalue weighted by atomic mass is 35.5. The minimum absolute atomic E-state index is 0.0675. The van der Waals surface area contributed by atoms with Crippen molar-refractivity contribution >= 4 is 11.6 Å². The van der Waals surface area contributed by atoms with Crippen LogP contribution in [-0.4, -0.2) is 35.7 Å². The van der Waals surface area contributed by atoms with E-state index in [2.05, 4.69) is 4.90 Å². The molecule has 0 spiro atoms. The average Bonchev–Trinajstić information content (AvgIpc) is 2.84. The molecule has 4 heteroatoms. The van der Waals surface area contributed by atoms with Crippen LogP contribution in [0.25, 0.3) is 0 Å². The van der Waals surface area contributed by atoms with Crippen LogP contribution in [0.4, 0.5) is 0 Å². The first-order chi connectivity index (χ1) is 8.66. The summed E-state index contributed by atoms with van der Waals surface area (Å²) in [6, 6.07) is 3.78. The van der Waals surface area contributed by atoms with Gasteiger partial charge in [-0.2, -0.15) is 0 Å². The number of likely N-dealkylation sites (tertiary alicyclic amines) is 1. The Balaban J connectivity index is 1.93. The lowest BCUT2D eigenvalue weighted by atomic mass is 9.96. The number of benzene rings is 1. The van der Waals surface area contributed by atoms with E-state index in [1.54, 1.807) is 0 Å². The zero-order valence-corrected chi connectivity index (χ0v) is 11.3. The minimum atomic E-state index is -0.496. The van der Waals surface area contributed by atoms with Crippen molar-refractivity contribution in [3.63, 3.8) is 0 Å². The summed E-state index contributed by atoms with van der Waals surface area (Å²) in [5.41, 5.74) is 1.83. The molecule has 1 fully saturated rings. The molecule has 2 atom stereocenters. The average molecular weight is 268 g/mol. The van der Waals surface area contributed by atoms with Crippen molar-refractivity contribution in [2.45, 2.75) is 31.9 Å². The Morgan fingerprint density at radius 3 is 2.78 bits per heavy atom. The lowest BCUT2D eigenvalue weighted by Gasteiger charge is -2.36. The summed E-state index contributed by atoms with van der Waals surface area (Å²) < 4.78 is 5.84. The van der Waals surface area contributed by atoms with Gasteiger partial charge in [0.05, 0.1) is 6.04 Å². The Labute approximate surface area is 112 Å². The van der Waals surface area contributed by atoms with Gasteiger partial charge in [0.2, 0.25) is 0 Å². The maximum atomic E-state index is 10.6. The molecule has 3 rings (SSSR count). The second-order valence-electron chi connectivity index (χ2n) is 5.21. The molecule has 0 radical (unpaired) electrons. The molecule has 1 N–H and O–H groups in total. The van der Waals surface area contributed by atoms with Gasteiger partial charge >= 0.3 is 0 Å². The molecule has 3 nitrogen and oxygen atoms in total. The highest BCUT2D eigenvalue weighted by molar-refractivity contribution is 6.30. The van der Waals surface area contributed by atoms with E-state index in [0.29, 0.717) is 11.6 Å². The summed E-state index contributed by atoms with van der Waals surface area (Å²) in [7, 11) is 0. The Morgan fingerprint density at radius 2 is 2.06 bits per heavy atom. The molecule has 0 amide bonds. The Kier molecular flexibility index (Phi) is 3.22. The molecule has 0 bridgehead atoms. The van der Waals surface area contributed by atoms with Crippen molar-refractivity contribution in [3.05, 3.63) is 28.3 Å². The largest absolute Gasteiger partial charge is 0.491 e. The second-order valence-corrected chi connectivity index (χ2v) is 5.64. The molecule has 2 heterocycles. The monoisotopic (exact) mass is 267 g/mol. The van der Waals surface area contributed by atoms with E-state index < -0.39 is 6.10 Å². The summed E-state index contributed by atoms with van der Waals surface area (Å²) in [5, 5.41) is 11.2. The van der Waals surface area contributed by atoms with Crippen molar-refractivity contribution in [1.29, 1.82) is 0 Å². The first-order valence-corrected chi connectivity index (χ1v) is 6.89. The molecule has 18 heavy (non-hydrogen) atoms. The predicted octanol–water partition coefficient (Wildman–Crippen LogP) is 2.54. The number of hydrogen-bond acceptors (Lipinski definition) is 3. The lowest BCUT2D eigenvalue weighted by Crippen LogP contribution is -2.44. The van der Waals surface area contributed by atoms with Crippen molar-refractivity contribution in [2.24, 2.45) is 0 Å². The van der Waals surface area contributed by atoms with Crippen LogP contribution in [0.5, 0.6) is 5.75 Å². The molecule has 0 aliphatic carbocycles. The molecular weight excluding hydrogens is 250 g/mol. The summed E-state index contributed by atoms with van der Waals surface area (Å²) in [6.45, 7) is 4.64. The van der Waals surface area contributed by atoms with Gasteiger partial charge in [-0.3, -0.25) is 4.90 Å². The molecule has 2 unspecified atom stereocenters. The summed E-state index contributed by atoms with van der Waals surface area (Å²) in [5.74, 6) is 0.808. The van der Waals surface area contributed by atoms with E-state index in [4.69, 9.17) is 16.3 Å². The minimum Gasteiger partial charge on any atom is -0.491 e. The molecule has 1 aromatic carbocycles. The van der Waals surface area contributed by atoms with Crippen LogP contribution < -0.4 is 4.74 Å². The van der Waals surface area contributed by atoms with Crippen molar-refractivity contribution in [1.82, 2.24) is 4.90 Å². The Hall–Kier alpha value is -0.770. The number of fused-ring (bicyclic) bond motifs is 1. The number of aryl methyl sites for hydroxylation is 1. The first kappa shape index (κ1) is 12.3. The van der Waals surface area contributed by atoms with Crippen LogP contribution in [0.2, 0.25) is 5.02 Å². The fourth-order valence-corrected chi connectivity index (χ4v) is 3.30. The maximum Gasteiger partial charge on any atom is 0.128 e. The molecule has 98 valence electrons. The van der Waals surface area contributed by atoms with Crippen molar-refractivity contribution < 1.29 is 9.84 Å². The summed E-state index contributed by atoms with van der Waals surface area (Å²) >= 11 is 6.07. The van der Waals surface area contributed by atoms with Gasteiger partial charge in [0.25, 0.3) is 0 Å². The zero-order chi connectivity index (χ0) is 12.7. The zero-order valence-electron chi connectivity index (χ0n) is 10.5. The quantitative estimate of drug-likeness (QED) is 0.849. The van der Waals surface area contributed by atoms with E-state index in [-0.39, 0.29) is 6.04 Å². The third-order valence-electron chi connectivity index (χ3n) is 3.96. The standard InChI is InChI=1S/C14H18ClNO2/c1-9-6-10(15)7-11-13(17)12(8-18-14(9)11)16-4-2-3-5-16/h6-7,12-13,17H,2-5,8H2,1H3. The number of rotatable bonds is 1. The predicted molar refractivity (Wildman–Crippen MR) is 71.2 cm³/mol. The van der Waals surface area contributed by atoms with Crippen LogP contribution in [-0.2, 0) is 0 Å². The molecular formula is C14H18ClNO2. The van der Waals surface area contributed by atoms with E-state index in [0.717, 1.165) is 30.0 Å². The van der Waals surface area contributed by atoms with Gasteiger partial charge in [0.15, 0.2) is 0 Å². The fraction of sp³-hybridized carbons (Fsp3) is 0.571. The van der Waals surface area contributed by atoms with Gasteiger partial charge in [-0.15, -0.1) is 0 Å². The number of halogens is 1. The van der Waals surface area contributed by atoms with Crippen LogP contribution in [0.15, 0.2) is 12.1 Å². The van der Waals surface area contributed by atoms with E-state index in [9.17, 15) is 5.11 Å².